The van der Waals surface area contributed by atoms with Gasteiger partial charge >= 0.3 is 5.97 Å². The number of halogens is 1. The second-order valence-electron chi connectivity index (χ2n) is 7.18. The third kappa shape index (κ3) is 5.53. The SMILES string of the molecule is CC(C)(C)C(=O)COC(=O)c1cc([N+](=O)[O-])ccc1NCc1ccccc1Cl. The Morgan fingerprint density at radius 1 is 1.18 bits per heavy atom. The normalized spacial score (nSPS) is 11.0. The molecule has 0 spiro atoms. The highest BCUT2D eigenvalue weighted by atomic mass is 35.5. The van der Waals surface area contributed by atoms with Crippen molar-refractivity contribution >= 4 is 34.7 Å². The molecule has 0 atom stereocenters. The number of nitro benzene ring substituents is 1. The second kappa shape index (κ2) is 8.84. The molecule has 0 fully saturated rings. The molecule has 2 aromatic rings. The predicted octanol–water partition coefficient (Wildman–Crippen LogP) is 4.63. The highest BCUT2D eigenvalue weighted by Crippen LogP contribution is 2.25. The van der Waals surface area contributed by atoms with Crippen LogP contribution < -0.4 is 5.32 Å². The number of nitrogens with one attached hydrogen (secondary N) is 1. The maximum Gasteiger partial charge on any atom is 0.340 e. The average Bonchev–Trinajstić information content (AvgIpc) is 2.64. The Labute approximate surface area is 167 Å². The number of hydrogen-bond donors (Lipinski definition) is 1. The average molecular weight is 405 g/mol. The van der Waals surface area contributed by atoms with Crippen LogP contribution in [0.3, 0.4) is 0 Å². The minimum Gasteiger partial charge on any atom is -0.454 e. The van der Waals surface area contributed by atoms with Crippen molar-refractivity contribution < 1.29 is 19.2 Å². The number of non-ortho nitro benzene ring substituents is 1. The number of nitro groups is 1. The summed E-state index contributed by atoms with van der Waals surface area (Å²) in [6.07, 6.45) is 0. The monoisotopic (exact) mass is 404 g/mol. The molecule has 8 heteroatoms. The Morgan fingerprint density at radius 2 is 1.86 bits per heavy atom. The Bertz CT molecular complexity index is 906. The molecule has 148 valence electrons. The summed E-state index contributed by atoms with van der Waals surface area (Å²) in [6.45, 7) is 5.04. The van der Waals surface area contributed by atoms with Crippen LogP contribution in [0.2, 0.25) is 5.02 Å². The van der Waals surface area contributed by atoms with E-state index in [9.17, 15) is 19.7 Å². The smallest absolute Gasteiger partial charge is 0.340 e. The molecule has 0 saturated carbocycles. The fourth-order valence-corrected chi connectivity index (χ4v) is 2.43. The van der Waals surface area contributed by atoms with Crippen LogP contribution in [-0.2, 0) is 16.1 Å². The number of carbonyl (C=O) groups is 2. The van der Waals surface area contributed by atoms with E-state index in [1.807, 2.05) is 12.1 Å². The zero-order chi connectivity index (χ0) is 20.9. The third-order valence-electron chi connectivity index (χ3n) is 4.03. The van der Waals surface area contributed by atoms with Crippen molar-refractivity contribution in [3.8, 4) is 0 Å². The summed E-state index contributed by atoms with van der Waals surface area (Å²) in [5, 5.41) is 14.7. The van der Waals surface area contributed by atoms with Gasteiger partial charge in [-0.1, -0.05) is 50.6 Å². The lowest BCUT2D eigenvalue weighted by atomic mass is 9.91. The summed E-state index contributed by atoms with van der Waals surface area (Å²) in [7, 11) is 0. The van der Waals surface area contributed by atoms with Crippen LogP contribution in [-0.4, -0.2) is 23.3 Å². The van der Waals surface area contributed by atoms with Gasteiger partial charge in [0.2, 0.25) is 0 Å². The van der Waals surface area contributed by atoms with Gasteiger partial charge in [0, 0.05) is 34.8 Å². The number of rotatable bonds is 7. The van der Waals surface area contributed by atoms with Crippen molar-refractivity contribution in [1.82, 2.24) is 0 Å². The van der Waals surface area contributed by atoms with Gasteiger partial charge in [-0.05, 0) is 17.7 Å². The van der Waals surface area contributed by atoms with Crippen LogP contribution in [0.25, 0.3) is 0 Å². The maximum absolute atomic E-state index is 12.5. The van der Waals surface area contributed by atoms with Crippen LogP contribution in [0, 0.1) is 15.5 Å². The minimum absolute atomic E-state index is 0.0250. The van der Waals surface area contributed by atoms with Crippen molar-refractivity contribution in [3.63, 3.8) is 0 Å². The highest BCUT2D eigenvalue weighted by molar-refractivity contribution is 6.31. The van der Waals surface area contributed by atoms with Crippen molar-refractivity contribution in [2.75, 3.05) is 11.9 Å². The molecule has 0 aliphatic carbocycles. The van der Waals surface area contributed by atoms with E-state index in [-0.39, 0.29) is 17.0 Å². The van der Waals surface area contributed by atoms with Crippen LogP contribution in [0.4, 0.5) is 11.4 Å². The lowest BCUT2D eigenvalue weighted by Crippen LogP contribution is -2.26. The number of ketones is 1. The van der Waals surface area contributed by atoms with E-state index in [4.69, 9.17) is 16.3 Å². The molecule has 0 bridgehead atoms. The summed E-state index contributed by atoms with van der Waals surface area (Å²) < 4.78 is 5.09. The summed E-state index contributed by atoms with van der Waals surface area (Å²) in [4.78, 5) is 34.9. The van der Waals surface area contributed by atoms with Crippen molar-refractivity contribution in [2.45, 2.75) is 27.3 Å². The van der Waals surface area contributed by atoms with E-state index in [2.05, 4.69) is 5.32 Å². The number of ether oxygens (including phenoxy) is 1. The van der Waals surface area contributed by atoms with Crippen LogP contribution in [0.1, 0.15) is 36.7 Å². The van der Waals surface area contributed by atoms with Gasteiger partial charge in [0.15, 0.2) is 12.4 Å². The zero-order valence-electron chi connectivity index (χ0n) is 15.8. The third-order valence-corrected chi connectivity index (χ3v) is 4.40. The number of esters is 1. The van der Waals surface area contributed by atoms with Gasteiger partial charge in [-0.15, -0.1) is 0 Å². The van der Waals surface area contributed by atoms with E-state index in [0.29, 0.717) is 17.3 Å². The van der Waals surface area contributed by atoms with E-state index in [0.717, 1.165) is 11.6 Å². The van der Waals surface area contributed by atoms with Gasteiger partial charge < -0.3 is 10.1 Å². The molecule has 0 heterocycles. The van der Waals surface area contributed by atoms with Crippen molar-refractivity contribution in [3.05, 3.63) is 68.7 Å². The topological polar surface area (TPSA) is 98.5 Å². The molecule has 0 saturated heterocycles. The van der Waals surface area contributed by atoms with Crippen LogP contribution in [0.15, 0.2) is 42.5 Å². The molecule has 2 aromatic carbocycles. The van der Waals surface area contributed by atoms with E-state index in [1.54, 1.807) is 32.9 Å². The Balaban J connectivity index is 2.23. The van der Waals surface area contributed by atoms with E-state index < -0.39 is 22.9 Å². The fourth-order valence-electron chi connectivity index (χ4n) is 2.23. The number of Topliss-reactive ketones (excluding diaryl/α,β-unsaturated/α-hetero) is 1. The number of hydrogen-bond acceptors (Lipinski definition) is 6. The number of benzene rings is 2. The molecular formula is C20H21ClN2O5. The lowest BCUT2D eigenvalue weighted by Gasteiger charge is -2.17. The minimum atomic E-state index is -0.817. The van der Waals surface area contributed by atoms with Gasteiger partial charge in [0.1, 0.15) is 0 Å². The summed E-state index contributed by atoms with van der Waals surface area (Å²) in [5.41, 5.74) is 0.206. The molecular weight excluding hydrogens is 384 g/mol. The number of anilines is 1. The molecule has 0 aromatic heterocycles. The standard InChI is InChI=1S/C20H21ClN2O5/c1-20(2,3)18(24)12-28-19(25)15-10-14(23(26)27)8-9-17(15)22-11-13-6-4-5-7-16(13)21/h4-10,22H,11-12H2,1-3H3. The van der Waals surface area contributed by atoms with Gasteiger partial charge in [0.05, 0.1) is 10.5 Å². The first-order valence-corrected chi connectivity index (χ1v) is 8.93. The lowest BCUT2D eigenvalue weighted by molar-refractivity contribution is -0.384. The Hall–Kier alpha value is -2.93. The van der Waals surface area contributed by atoms with E-state index >= 15 is 0 Å². The summed E-state index contributed by atoms with van der Waals surface area (Å²) >= 11 is 6.13. The second-order valence-corrected chi connectivity index (χ2v) is 7.59. The maximum atomic E-state index is 12.5. The summed E-state index contributed by atoms with van der Waals surface area (Å²) in [6, 6.07) is 11.0. The van der Waals surface area contributed by atoms with E-state index in [1.165, 1.54) is 12.1 Å². The molecule has 1 N–H and O–H groups in total. The van der Waals surface area contributed by atoms with Gasteiger partial charge in [0.25, 0.3) is 5.69 Å². The first-order chi connectivity index (χ1) is 13.1. The van der Waals surface area contributed by atoms with Gasteiger partial charge in [-0.25, -0.2) is 4.79 Å². The van der Waals surface area contributed by atoms with Crippen LogP contribution >= 0.6 is 11.6 Å². The van der Waals surface area contributed by atoms with Gasteiger partial charge in [-0.3, -0.25) is 14.9 Å². The molecule has 0 aliphatic rings. The zero-order valence-corrected chi connectivity index (χ0v) is 16.6. The highest BCUT2D eigenvalue weighted by Gasteiger charge is 2.24. The number of carbonyl (C=O) groups excluding carboxylic acids is 2. The molecule has 0 unspecified atom stereocenters. The molecule has 2 rings (SSSR count). The largest absolute Gasteiger partial charge is 0.454 e. The molecule has 28 heavy (non-hydrogen) atoms. The number of nitrogens with zero attached hydrogens (tertiary/aromatic N) is 1. The van der Waals surface area contributed by atoms with Crippen molar-refractivity contribution in [2.24, 2.45) is 5.41 Å². The first-order valence-electron chi connectivity index (χ1n) is 8.55. The Kier molecular flexibility index (Phi) is 6.75. The molecule has 0 radical (unpaired) electrons. The van der Waals surface area contributed by atoms with Gasteiger partial charge in [-0.2, -0.15) is 0 Å². The molecule has 0 aliphatic heterocycles. The Morgan fingerprint density at radius 3 is 2.46 bits per heavy atom. The predicted molar refractivity (Wildman–Crippen MR) is 107 cm³/mol. The fraction of sp³-hybridized carbons (Fsp3) is 0.300. The summed E-state index contributed by atoms with van der Waals surface area (Å²) in [5.74, 6) is -1.07. The van der Waals surface area contributed by atoms with Crippen LogP contribution in [0.5, 0.6) is 0 Å². The first kappa shape index (κ1) is 21.4. The van der Waals surface area contributed by atoms with Crippen molar-refractivity contribution in [1.29, 1.82) is 0 Å². The quantitative estimate of drug-likeness (QED) is 0.410. The molecule has 0 amide bonds. The molecule has 7 nitrogen and oxygen atoms in total.